The first-order valence-electron chi connectivity index (χ1n) is 16.4. The van der Waals surface area contributed by atoms with Gasteiger partial charge < -0.3 is 30.3 Å². The van der Waals surface area contributed by atoms with Gasteiger partial charge in [-0.25, -0.2) is 14.6 Å². The molecule has 256 valence electrons. The molecule has 1 aliphatic rings. The van der Waals surface area contributed by atoms with Crippen molar-refractivity contribution in [2.45, 2.75) is 50.1 Å². The monoisotopic (exact) mass is 689 g/mol. The van der Waals surface area contributed by atoms with Crippen molar-refractivity contribution >= 4 is 23.8 Å². The molecule has 4 aromatic carbocycles. The molecule has 1 fully saturated rings. The van der Waals surface area contributed by atoms with Crippen molar-refractivity contribution in [3.63, 3.8) is 0 Å². The highest BCUT2D eigenvalue weighted by Crippen LogP contribution is 2.43. The number of carbonyl (C=O) groups excluding carboxylic acids is 1. The van der Waals surface area contributed by atoms with Crippen molar-refractivity contribution in [2.24, 2.45) is 5.92 Å². The lowest BCUT2D eigenvalue weighted by Crippen LogP contribution is -2.38. The SMILES string of the molecule is C[C@H]1[C@@H](CSc2ncccc2C(=O)O)O[C@@H](c2ccc(-c3ccccc3CNC(=O)NCc3ccccc3)cc2)O[C@H]1c1ccc(CO)cc1. The van der Waals surface area contributed by atoms with E-state index in [1.54, 1.807) is 18.3 Å². The van der Waals surface area contributed by atoms with Crippen LogP contribution in [0.2, 0.25) is 0 Å². The van der Waals surface area contributed by atoms with Crippen LogP contribution in [-0.2, 0) is 29.2 Å². The van der Waals surface area contributed by atoms with Gasteiger partial charge in [0.25, 0.3) is 0 Å². The molecule has 0 saturated carbocycles. The second-order valence-corrected chi connectivity index (χ2v) is 13.1. The van der Waals surface area contributed by atoms with Gasteiger partial charge in [0.1, 0.15) is 5.03 Å². The number of benzene rings is 4. The first-order chi connectivity index (χ1) is 24.4. The number of ether oxygens (including phenoxy) is 2. The Bertz CT molecular complexity index is 1890. The van der Waals surface area contributed by atoms with Gasteiger partial charge in [-0.15, -0.1) is 11.8 Å². The molecule has 6 rings (SSSR count). The van der Waals surface area contributed by atoms with Gasteiger partial charge in [0.05, 0.1) is 24.4 Å². The Morgan fingerprint density at radius 3 is 2.22 bits per heavy atom. The second-order valence-electron chi connectivity index (χ2n) is 12.1. The minimum Gasteiger partial charge on any atom is -0.478 e. The average Bonchev–Trinajstić information content (AvgIpc) is 3.16. The van der Waals surface area contributed by atoms with Crippen LogP contribution in [0, 0.1) is 5.92 Å². The number of hydrogen-bond acceptors (Lipinski definition) is 7. The zero-order valence-electron chi connectivity index (χ0n) is 27.6. The summed E-state index contributed by atoms with van der Waals surface area (Å²) in [5.41, 5.74) is 6.77. The molecular formula is C40H39N3O6S. The molecule has 10 heteroatoms. The highest BCUT2D eigenvalue weighted by atomic mass is 32.2. The first kappa shape index (κ1) is 34.8. The van der Waals surface area contributed by atoms with E-state index in [4.69, 9.17) is 9.47 Å². The lowest BCUT2D eigenvalue weighted by molar-refractivity contribution is -0.268. The van der Waals surface area contributed by atoms with Crippen molar-refractivity contribution < 1.29 is 29.3 Å². The summed E-state index contributed by atoms with van der Waals surface area (Å²) in [5, 5.41) is 25.6. The van der Waals surface area contributed by atoms with Crippen molar-refractivity contribution in [3.8, 4) is 11.1 Å². The summed E-state index contributed by atoms with van der Waals surface area (Å²) in [4.78, 5) is 28.7. The van der Waals surface area contributed by atoms with E-state index in [1.807, 2.05) is 103 Å². The fraction of sp³-hybridized carbons (Fsp3) is 0.225. The number of rotatable bonds is 12. The molecule has 1 aromatic heterocycles. The van der Waals surface area contributed by atoms with Crippen LogP contribution in [-0.4, -0.2) is 39.1 Å². The van der Waals surface area contributed by atoms with Crippen LogP contribution < -0.4 is 10.6 Å². The smallest absolute Gasteiger partial charge is 0.338 e. The molecule has 0 aliphatic carbocycles. The Balaban J connectivity index is 1.18. The number of carbonyl (C=O) groups is 2. The van der Waals surface area contributed by atoms with E-state index in [9.17, 15) is 19.8 Å². The third kappa shape index (κ3) is 8.58. The van der Waals surface area contributed by atoms with Crippen molar-refractivity contribution in [1.82, 2.24) is 15.6 Å². The molecule has 0 radical (unpaired) electrons. The number of aromatic nitrogens is 1. The molecule has 9 nitrogen and oxygen atoms in total. The van der Waals surface area contributed by atoms with E-state index in [0.29, 0.717) is 23.9 Å². The second kappa shape index (κ2) is 16.6. The van der Waals surface area contributed by atoms with Crippen LogP contribution in [0.1, 0.15) is 57.5 Å². The lowest BCUT2D eigenvalue weighted by atomic mass is 9.91. The quantitative estimate of drug-likeness (QED) is 0.0991. The van der Waals surface area contributed by atoms with E-state index in [0.717, 1.165) is 38.9 Å². The third-order valence-corrected chi connectivity index (χ3v) is 9.85. The van der Waals surface area contributed by atoms with Crippen molar-refractivity contribution in [3.05, 3.63) is 155 Å². The first-order valence-corrected chi connectivity index (χ1v) is 17.4. The van der Waals surface area contributed by atoms with Crippen LogP contribution in [0.3, 0.4) is 0 Å². The maximum Gasteiger partial charge on any atom is 0.338 e. The molecule has 50 heavy (non-hydrogen) atoms. The number of hydrogen-bond donors (Lipinski definition) is 4. The minimum absolute atomic E-state index is 0.0463. The summed E-state index contributed by atoms with van der Waals surface area (Å²) >= 11 is 1.36. The molecule has 4 N–H and O–H groups in total. The molecular weight excluding hydrogens is 651 g/mol. The number of pyridine rings is 1. The number of amides is 2. The predicted molar refractivity (Wildman–Crippen MR) is 192 cm³/mol. The van der Waals surface area contributed by atoms with Gasteiger partial charge in [-0.3, -0.25) is 0 Å². The van der Waals surface area contributed by atoms with E-state index in [1.165, 1.54) is 11.8 Å². The number of nitrogens with one attached hydrogen (secondary N) is 2. The molecule has 1 aliphatic heterocycles. The fourth-order valence-corrected chi connectivity index (χ4v) is 7.08. The number of nitrogens with zero attached hydrogens (tertiary/aromatic N) is 1. The van der Waals surface area contributed by atoms with Crippen LogP contribution >= 0.6 is 11.8 Å². The summed E-state index contributed by atoms with van der Waals surface area (Å²) in [6, 6.07) is 36.4. The molecule has 0 spiro atoms. The Kier molecular flexibility index (Phi) is 11.6. The number of urea groups is 1. The number of aromatic carboxylic acids is 1. The van der Waals surface area contributed by atoms with Crippen LogP contribution in [0.15, 0.2) is 126 Å². The van der Waals surface area contributed by atoms with Gasteiger partial charge in [-0.1, -0.05) is 110 Å². The number of carboxylic acids is 1. The van der Waals surface area contributed by atoms with E-state index in [2.05, 4.69) is 22.5 Å². The van der Waals surface area contributed by atoms with E-state index >= 15 is 0 Å². The Morgan fingerprint density at radius 2 is 1.48 bits per heavy atom. The lowest BCUT2D eigenvalue weighted by Gasteiger charge is -2.41. The number of aliphatic hydroxyl groups excluding tert-OH is 1. The van der Waals surface area contributed by atoms with Gasteiger partial charge in [0.2, 0.25) is 0 Å². The summed E-state index contributed by atoms with van der Waals surface area (Å²) in [6.07, 6.45) is 0.313. The van der Waals surface area contributed by atoms with E-state index in [-0.39, 0.29) is 36.3 Å². The van der Waals surface area contributed by atoms with Gasteiger partial charge in [0, 0.05) is 36.5 Å². The summed E-state index contributed by atoms with van der Waals surface area (Å²) in [7, 11) is 0. The maximum atomic E-state index is 12.5. The summed E-state index contributed by atoms with van der Waals surface area (Å²) < 4.78 is 13.2. The maximum absolute atomic E-state index is 12.5. The van der Waals surface area contributed by atoms with Crippen LogP contribution in [0.4, 0.5) is 4.79 Å². The molecule has 5 aromatic rings. The molecule has 0 unspecified atom stereocenters. The van der Waals surface area contributed by atoms with Crippen molar-refractivity contribution in [1.29, 1.82) is 0 Å². The molecule has 2 heterocycles. The average molecular weight is 690 g/mol. The summed E-state index contributed by atoms with van der Waals surface area (Å²) in [6.45, 7) is 2.83. The number of carboxylic acid groups (broad SMARTS) is 1. The predicted octanol–water partition coefficient (Wildman–Crippen LogP) is 7.52. The topological polar surface area (TPSA) is 130 Å². The molecule has 1 saturated heterocycles. The normalized spacial score (nSPS) is 18.7. The molecule has 4 atom stereocenters. The summed E-state index contributed by atoms with van der Waals surface area (Å²) in [5.74, 6) is -0.620. The van der Waals surface area contributed by atoms with Gasteiger partial charge >= 0.3 is 12.0 Å². The molecule has 2 amide bonds. The van der Waals surface area contributed by atoms with Crippen molar-refractivity contribution in [2.75, 3.05) is 5.75 Å². The number of thioether (sulfide) groups is 1. The zero-order valence-corrected chi connectivity index (χ0v) is 28.4. The van der Waals surface area contributed by atoms with Crippen LogP contribution in [0.25, 0.3) is 11.1 Å². The van der Waals surface area contributed by atoms with Gasteiger partial charge in [0.15, 0.2) is 6.29 Å². The van der Waals surface area contributed by atoms with Crippen LogP contribution in [0.5, 0.6) is 0 Å². The molecule has 0 bridgehead atoms. The van der Waals surface area contributed by atoms with E-state index < -0.39 is 12.3 Å². The number of aliphatic hydroxyl groups is 1. The zero-order chi connectivity index (χ0) is 34.9. The Hall–Kier alpha value is -5.00. The van der Waals surface area contributed by atoms with Gasteiger partial charge in [-0.2, -0.15) is 0 Å². The Labute approximate surface area is 295 Å². The standard InChI is InChI=1S/C40H39N3O6S/c1-26-35(25-50-37-34(38(45)46)12-7-21-41-37)48-39(49-36(26)30-15-13-28(24-44)14-16-30)31-19-17-29(18-20-31)33-11-6-5-10-32(33)23-43-40(47)42-22-27-8-3-2-4-9-27/h2-21,26,35-36,39,44H,22-25H2,1H3,(H,45,46)(H2,42,43,47)/t26-,35+,36+,39+/m0/s1. The highest BCUT2D eigenvalue weighted by Gasteiger charge is 2.38. The Morgan fingerprint density at radius 1 is 0.780 bits per heavy atom. The largest absolute Gasteiger partial charge is 0.478 e. The fourth-order valence-electron chi connectivity index (χ4n) is 5.93. The minimum atomic E-state index is -1.02. The third-order valence-electron chi connectivity index (χ3n) is 8.76. The van der Waals surface area contributed by atoms with Gasteiger partial charge in [-0.05, 0) is 45.5 Å². The highest BCUT2D eigenvalue weighted by molar-refractivity contribution is 7.99.